The van der Waals surface area contributed by atoms with E-state index < -0.39 is 0 Å². The fraction of sp³-hybridized carbons (Fsp3) is 0.375. The number of furan rings is 2. The largest absolute Gasteiger partial charge is 0.466 e. The first-order valence-corrected chi connectivity index (χ1v) is 6.22. The van der Waals surface area contributed by atoms with E-state index in [-0.39, 0.29) is 0 Å². The van der Waals surface area contributed by atoms with E-state index in [0.717, 1.165) is 23.0 Å². The van der Waals surface area contributed by atoms with Crippen LogP contribution in [0.1, 0.15) is 48.0 Å². The minimum atomic E-state index is 0.953. The topological polar surface area (TPSA) is 26.3 Å². The van der Waals surface area contributed by atoms with E-state index >= 15 is 0 Å². The van der Waals surface area contributed by atoms with E-state index in [4.69, 9.17) is 8.83 Å². The van der Waals surface area contributed by atoms with Gasteiger partial charge in [-0.3, -0.25) is 0 Å². The second-order valence-electron chi connectivity index (χ2n) is 4.90. The third kappa shape index (κ3) is 2.15. The van der Waals surface area contributed by atoms with Crippen molar-refractivity contribution in [2.45, 2.75) is 41.5 Å². The van der Waals surface area contributed by atoms with Gasteiger partial charge in [0.15, 0.2) is 0 Å². The maximum atomic E-state index is 5.60. The summed E-state index contributed by atoms with van der Waals surface area (Å²) in [4.78, 5) is 0. The SMILES string of the molecule is C/C(=C(\C)c1cc(C)oc1C)c1cc(C)oc1C. The summed E-state index contributed by atoms with van der Waals surface area (Å²) in [5.41, 5.74) is 4.85. The van der Waals surface area contributed by atoms with Crippen molar-refractivity contribution in [2.75, 3.05) is 0 Å². The van der Waals surface area contributed by atoms with Gasteiger partial charge in [-0.25, -0.2) is 0 Å². The van der Waals surface area contributed by atoms with Gasteiger partial charge in [-0.2, -0.15) is 0 Å². The van der Waals surface area contributed by atoms with Crippen LogP contribution in [0.2, 0.25) is 0 Å². The maximum absolute atomic E-state index is 5.60. The van der Waals surface area contributed by atoms with Crippen LogP contribution in [0.15, 0.2) is 21.0 Å². The van der Waals surface area contributed by atoms with E-state index in [0.29, 0.717) is 0 Å². The van der Waals surface area contributed by atoms with Crippen molar-refractivity contribution in [3.05, 3.63) is 46.3 Å². The van der Waals surface area contributed by atoms with Gasteiger partial charge in [-0.05, 0) is 64.8 Å². The molecule has 0 bridgehead atoms. The first-order chi connectivity index (χ1) is 8.40. The Morgan fingerprint density at radius 1 is 0.722 bits per heavy atom. The van der Waals surface area contributed by atoms with E-state index in [2.05, 4.69) is 26.0 Å². The average molecular weight is 244 g/mol. The zero-order valence-corrected chi connectivity index (χ0v) is 12.0. The van der Waals surface area contributed by atoms with Gasteiger partial charge >= 0.3 is 0 Å². The third-order valence-electron chi connectivity index (χ3n) is 3.45. The molecule has 0 amide bonds. The van der Waals surface area contributed by atoms with Gasteiger partial charge in [-0.1, -0.05) is 0 Å². The molecule has 0 spiro atoms. The number of allylic oxidation sites excluding steroid dienone is 2. The van der Waals surface area contributed by atoms with Gasteiger partial charge < -0.3 is 8.83 Å². The van der Waals surface area contributed by atoms with Crippen molar-refractivity contribution in [3.8, 4) is 0 Å². The van der Waals surface area contributed by atoms with E-state index in [1.165, 1.54) is 22.3 Å². The van der Waals surface area contributed by atoms with Crippen LogP contribution < -0.4 is 0 Å². The molecule has 0 aliphatic heterocycles. The van der Waals surface area contributed by atoms with E-state index in [9.17, 15) is 0 Å². The molecule has 0 N–H and O–H groups in total. The molecule has 18 heavy (non-hydrogen) atoms. The summed E-state index contributed by atoms with van der Waals surface area (Å²) in [6.07, 6.45) is 0. The summed E-state index contributed by atoms with van der Waals surface area (Å²) in [7, 11) is 0. The normalized spacial score (nSPS) is 12.8. The molecule has 0 unspecified atom stereocenters. The summed E-state index contributed by atoms with van der Waals surface area (Å²) in [6.45, 7) is 12.2. The molecule has 2 heterocycles. The maximum Gasteiger partial charge on any atom is 0.108 e. The standard InChI is InChI=1S/C16H20O2/c1-9-7-15(13(5)17-9)11(3)12(4)16-8-10(2)18-14(16)6/h7-8H,1-6H3/b12-11-. The third-order valence-corrected chi connectivity index (χ3v) is 3.45. The molecular formula is C16H20O2. The number of aryl methyl sites for hydroxylation is 4. The quantitative estimate of drug-likeness (QED) is 0.738. The Kier molecular flexibility index (Phi) is 3.20. The van der Waals surface area contributed by atoms with Gasteiger partial charge in [0, 0.05) is 11.1 Å². The molecule has 2 heteroatoms. The Hall–Kier alpha value is -1.70. The van der Waals surface area contributed by atoms with Crippen molar-refractivity contribution < 1.29 is 8.83 Å². The second kappa shape index (κ2) is 4.52. The summed E-state index contributed by atoms with van der Waals surface area (Å²) in [5.74, 6) is 3.86. The molecule has 2 aromatic heterocycles. The van der Waals surface area contributed by atoms with Gasteiger partial charge in [0.2, 0.25) is 0 Å². The zero-order chi connectivity index (χ0) is 13.4. The lowest BCUT2D eigenvalue weighted by Crippen LogP contribution is -1.86. The smallest absolute Gasteiger partial charge is 0.108 e. The van der Waals surface area contributed by atoms with Crippen LogP contribution in [-0.2, 0) is 0 Å². The summed E-state index contributed by atoms with van der Waals surface area (Å²) in [5, 5.41) is 0. The molecule has 96 valence electrons. The minimum Gasteiger partial charge on any atom is -0.466 e. The van der Waals surface area contributed by atoms with E-state index in [1.54, 1.807) is 0 Å². The van der Waals surface area contributed by atoms with Crippen LogP contribution in [-0.4, -0.2) is 0 Å². The molecule has 2 nitrogen and oxygen atoms in total. The lowest BCUT2D eigenvalue weighted by atomic mass is 9.97. The van der Waals surface area contributed by atoms with Crippen molar-refractivity contribution in [2.24, 2.45) is 0 Å². The van der Waals surface area contributed by atoms with Crippen molar-refractivity contribution in [1.82, 2.24) is 0 Å². The molecular weight excluding hydrogens is 224 g/mol. The second-order valence-corrected chi connectivity index (χ2v) is 4.90. The van der Waals surface area contributed by atoms with Crippen LogP contribution in [0.5, 0.6) is 0 Å². The highest BCUT2D eigenvalue weighted by atomic mass is 16.3. The van der Waals surface area contributed by atoms with Crippen molar-refractivity contribution >= 4 is 11.1 Å². The molecule has 0 saturated carbocycles. The highest BCUT2D eigenvalue weighted by molar-refractivity contribution is 5.90. The predicted molar refractivity (Wildman–Crippen MR) is 74.5 cm³/mol. The zero-order valence-electron chi connectivity index (χ0n) is 12.0. The number of hydrogen-bond acceptors (Lipinski definition) is 2. The highest BCUT2D eigenvalue weighted by Crippen LogP contribution is 2.32. The number of rotatable bonds is 2. The molecule has 0 atom stereocenters. The molecule has 0 fully saturated rings. The summed E-state index contributed by atoms with van der Waals surface area (Å²) >= 11 is 0. The average Bonchev–Trinajstić information content (AvgIpc) is 2.79. The Morgan fingerprint density at radius 3 is 1.28 bits per heavy atom. The van der Waals surface area contributed by atoms with Crippen LogP contribution in [0.3, 0.4) is 0 Å². The highest BCUT2D eigenvalue weighted by Gasteiger charge is 2.13. The summed E-state index contributed by atoms with van der Waals surface area (Å²) in [6, 6.07) is 4.19. The van der Waals surface area contributed by atoms with Gasteiger partial charge in [0.1, 0.15) is 23.0 Å². The lowest BCUT2D eigenvalue weighted by molar-refractivity contribution is 0.503. The van der Waals surface area contributed by atoms with Gasteiger partial charge in [-0.15, -0.1) is 0 Å². The first kappa shape index (κ1) is 12.7. The predicted octanol–water partition coefficient (Wildman–Crippen LogP) is 5.06. The van der Waals surface area contributed by atoms with Crippen LogP contribution >= 0.6 is 0 Å². The Balaban J connectivity index is 2.54. The molecule has 0 saturated heterocycles. The van der Waals surface area contributed by atoms with Crippen molar-refractivity contribution in [1.29, 1.82) is 0 Å². The monoisotopic (exact) mass is 244 g/mol. The number of hydrogen-bond donors (Lipinski definition) is 0. The lowest BCUT2D eigenvalue weighted by Gasteiger charge is -2.06. The van der Waals surface area contributed by atoms with Gasteiger partial charge in [0.05, 0.1) is 0 Å². The molecule has 0 aromatic carbocycles. The fourth-order valence-electron chi connectivity index (χ4n) is 2.41. The minimum absolute atomic E-state index is 0.953. The van der Waals surface area contributed by atoms with Crippen molar-refractivity contribution in [3.63, 3.8) is 0 Å². The van der Waals surface area contributed by atoms with E-state index in [1.807, 2.05) is 27.7 Å². The molecule has 0 aliphatic carbocycles. The van der Waals surface area contributed by atoms with Crippen LogP contribution in [0.4, 0.5) is 0 Å². The Morgan fingerprint density at radius 2 is 1.06 bits per heavy atom. The van der Waals surface area contributed by atoms with Crippen LogP contribution in [0, 0.1) is 27.7 Å². The molecule has 0 aliphatic rings. The molecule has 2 aromatic rings. The summed E-state index contributed by atoms with van der Waals surface area (Å²) < 4.78 is 11.2. The first-order valence-electron chi connectivity index (χ1n) is 6.22. The fourth-order valence-corrected chi connectivity index (χ4v) is 2.41. The molecule has 2 rings (SSSR count). The van der Waals surface area contributed by atoms with Gasteiger partial charge in [0.25, 0.3) is 0 Å². The van der Waals surface area contributed by atoms with Crippen LogP contribution in [0.25, 0.3) is 11.1 Å². The molecule has 0 radical (unpaired) electrons. The Bertz CT molecular complexity index is 555. The Labute approximate surface area is 108 Å².